The van der Waals surface area contributed by atoms with Crippen molar-refractivity contribution in [3.63, 3.8) is 0 Å². The highest BCUT2D eigenvalue weighted by Gasteiger charge is 2.19. The van der Waals surface area contributed by atoms with E-state index >= 15 is 0 Å². The Balaban J connectivity index is 3.32. The van der Waals surface area contributed by atoms with Crippen molar-refractivity contribution in [3.05, 3.63) is 23.3 Å². The third-order valence-electron chi connectivity index (χ3n) is 2.40. The summed E-state index contributed by atoms with van der Waals surface area (Å²) in [5.74, 6) is -0.469. The van der Waals surface area contributed by atoms with Crippen molar-refractivity contribution in [1.82, 2.24) is 0 Å². The molecule has 0 bridgehead atoms. The Bertz CT molecular complexity index is 436. The number of nitrogens with two attached hydrogens (primary N) is 1. The van der Waals surface area contributed by atoms with Crippen LogP contribution in [0.1, 0.15) is 29.3 Å². The van der Waals surface area contributed by atoms with Gasteiger partial charge in [0.1, 0.15) is 11.5 Å². The molecule has 0 unspecified atom stereocenters. The van der Waals surface area contributed by atoms with Crippen LogP contribution in [0, 0.1) is 0 Å². The number of rotatable bonds is 6. The summed E-state index contributed by atoms with van der Waals surface area (Å²) in [4.78, 5) is 11.2. The topological polar surface area (TPSA) is 61.5 Å². The fourth-order valence-corrected chi connectivity index (χ4v) is 1.73. The Morgan fingerprint density at radius 3 is 2.56 bits per heavy atom. The van der Waals surface area contributed by atoms with Gasteiger partial charge in [-0.3, -0.25) is 4.79 Å². The molecule has 1 aromatic rings. The van der Waals surface area contributed by atoms with E-state index in [0.717, 1.165) is 0 Å². The predicted octanol–water partition coefficient (Wildman–Crippen LogP) is 2.35. The highest BCUT2D eigenvalue weighted by atomic mass is 19.3. The molecule has 2 N–H and O–H groups in total. The van der Waals surface area contributed by atoms with Crippen molar-refractivity contribution < 1.29 is 23.0 Å². The van der Waals surface area contributed by atoms with E-state index in [-0.39, 0.29) is 17.1 Å². The number of carbonyl (C=O) groups is 1. The molecule has 1 rings (SSSR count). The molecule has 100 valence electrons. The van der Waals surface area contributed by atoms with Gasteiger partial charge in [-0.2, -0.15) is 8.78 Å². The SMILES string of the molecule is CCCc1c(OC(F)F)ccc(C(N)=O)c1OC. The minimum atomic E-state index is -2.93. The van der Waals surface area contributed by atoms with Gasteiger partial charge >= 0.3 is 6.61 Å². The van der Waals surface area contributed by atoms with Gasteiger partial charge in [-0.15, -0.1) is 0 Å². The minimum Gasteiger partial charge on any atom is -0.495 e. The lowest BCUT2D eigenvalue weighted by atomic mass is 10.0. The average molecular weight is 259 g/mol. The van der Waals surface area contributed by atoms with Gasteiger partial charge in [0, 0.05) is 5.56 Å². The largest absolute Gasteiger partial charge is 0.495 e. The number of methoxy groups -OCH3 is 1. The molecule has 0 aliphatic rings. The summed E-state index contributed by atoms with van der Waals surface area (Å²) in [6.45, 7) is -1.05. The molecule has 18 heavy (non-hydrogen) atoms. The van der Waals surface area contributed by atoms with Crippen LogP contribution in [-0.2, 0) is 6.42 Å². The van der Waals surface area contributed by atoms with Crippen LogP contribution in [-0.4, -0.2) is 19.6 Å². The van der Waals surface area contributed by atoms with Crippen LogP contribution < -0.4 is 15.2 Å². The van der Waals surface area contributed by atoms with E-state index in [4.69, 9.17) is 10.5 Å². The zero-order valence-corrected chi connectivity index (χ0v) is 10.2. The summed E-state index contributed by atoms with van der Waals surface area (Å²) in [6, 6.07) is 2.62. The molecule has 0 aliphatic carbocycles. The molecular weight excluding hydrogens is 244 g/mol. The average Bonchev–Trinajstić information content (AvgIpc) is 2.30. The fourth-order valence-electron chi connectivity index (χ4n) is 1.73. The molecule has 0 radical (unpaired) electrons. The third kappa shape index (κ3) is 3.09. The number of carbonyl (C=O) groups excluding carboxylic acids is 1. The molecule has 1 aromatic carbocycles. The van der Waals surface area contributed by atoms with Gasteiger partial charge < -0.3 is 15.2 Å². The zero-order chi connectivity index (χ0) is 13.7. The Kier molecular flexibility index (Phi) is 4.88. The summed E-state index contributed by atoms with van der Waals surface area (Å²) in [7, 11) is 1.35. The maximum atomic E-state index is 12.3. The van der Waals surface area contributed by atoms with Gasteiger partial charge in [-0.05, 0) is 18.6 Å². The van der Waals surface area contributed by atoms with Gasteiger partial charge in [0.2, 0.25) is 0 Å². The molecule has 0 saturated heterocycles. The molecule has 0 aliphatic heterocycles. The number of amides is 1. The Labute approximate surface area is 104 Å². The van der Waals surface area contributed by atoms with E-state index in [0.29, 0.717) is 18.4 Å². The second-order valence-corrected chi connectivity index (χ2v) is 3.62. The van der Waals surface area contributed by atoms with E-state index in [2.05, 4.69) is 4.74 Å². The van der Waals surface area contributed by atoms with E-state index in [1.165, 1.54) is 19.2 Å². The second kappa shape index (κ2) is 6.18. The summed E-state index contributed by atoms with van der Waals surface area (Å²) < 4.78 is 34.1. The molecule has 0 atom stereocenters. The standard InChI is InChI=1S/C12H15F2NO3/c1-3-4-7-9(18-12(13)14)6-5-8(11(15)16)10(7)17-2/h5-6,12H,3-4H2,1-2H3,(H2,15,16). The number of primary amides is 1. The van der Waals surface area contributed by atoms with Crippen molar-refractivity contribution in [2.45, 2.75) is 26.4 Å². The Morgan fingerprint density at radius 2 is 2.11 bits per heavy atom. The first-order valence-corrected chi connectivity index (χ1v) is 5.45. The van der Waals surface area contributed by atoms with Crippen LogP contribution in [0.5, 0.6) is 11.5 Å². The smallest absolute Gasteiger partial charge is 0.387 e. The first-order valence-electron chi connectivity index (χ1n) is 5.45. The number of hydrogen-bond acceptors (Lipinski definition) is 3. The van der Waals surface area contributed by atoms with E-state index in [1.54, 1.807) is 0 Å². The normalized spacial score (nSPS) is 10.5. The van der Waals surface area contributed by atoms with E-state index in [1.807, 2.05) is 6.92 Å². The Hall–Kier alpha value is -1.85. The van der Waals surface area contributed by atoms with Crippen molar-refractivity contribution in [3.8, 4) is 11.5 Å². The Morgan fingerprint density at radius 1 is 1.44 bits per heavy atom. The molecule has 0 heterocycles. The number of alkyl halides is 2. The highest BCUT2D eigenvalue weighted by molar-refractivity contribution is 5.96. The lowest BCUT2D eigenvalue weighted by Gasteiger charge is -2.16. The predicted molar refractivity (Wildman–Crippen MR) is 62.1 cm³/mol. The molecule has 1 amide bonds. The van der Waals surface area contributed by atoms with Crippen molar-refractivity contribution in [2.75, 3.05) is 7.11 Å². The van der Waals surface area contributed by atoms with Gasteiger partial charge in [0.15, 0.2) is 0 Å². The zero-order valence-electron chi connectivity index (χ0n) is 10.2. The number of benzene rings is 1. The van der Waals surface area contributed by atoms with E-state index < -0.39 is 12.5 Å². The maximum absolute atomic E-state index is 12.3. The summed E-state index contributed by atoms with van der Waals surface area (Å²) in [5.41, 5.74) is 5.78. The summed E-state index contributed by atoms with van der Waals surface area (Å²) in [6.07, 6.45) is 1.14. The molecule has 4 nitrogen and oxygen atoms in total. The molecule has 6 heteroatoms. The lowest BCUT2D eigenvalue weighted by Crippen LogP contribution is -2.14. The van der Waals surface area contributed by atoms with Crippen molar-refractivity contribution >= 4 is 5.91 Å². The van der Waals surface area contributed by atoms with Gasteiger partial charge in [-0.1, -0.05) is 13.3 Å². The van der Waals surface area contributed by atoms with Crippen molar-refractivity contribution in [1.29, 1.82) is 0 Å². The number of ether oxygens (including phenoxy) is 2. The van der Waals surface area contributed by atoms with Crippen LogP contribution in [0.3, 0.4) is 0 Å². The van der Waals surface area contributed by atoms with Crippen LogP contribution in [0.2, 0.25) is 0 Å². The van der Waals surface area contributed by atoms with Crippen LogP contribution in [0.15, 0.2) is 12.1 Å². The highest BCUT2D eigenvalue weighted by Crippen LogP contribution is 2.34. The first-order chi connectivity index (χ1) is 8.51. The van der Waals surface area contributed by atoms with Gasteiger partial charge in [0.05, 0.1) is 12.7 Å². The number of hydrogen-bond donors (Lipinski definition) is 1. The van der Waals surface area contributed by atoms with Crippen LogP contribution >= 0.6 is 0 Å². The fraction of sp³-hybridized carbons (Fsp3) is 0.417. The van der Waals surface area contributed by atoms with Gasteiger partial charge in [0.25, 0.3) is 5.91 Å². The number of halogens is 2. The summed E-state index contributed by atoms with van der Waals surface area (Å²) >= 11 is 0. The molecular formula is C12H15F2NO3. The molecule has 0 saturated carbocycles. The monoisotopic (exact) mass is 259 g/mol. The lowest BCUT2D eigenvalue weighted by molar-refractivity contribution is -0.0505. The third-order valence-corrected chi connectivity index (χ3v) is 2.40. The van der Waals surface area contributed by atoms with E-state index in [9.17, 15) is 13.6 Å². The first kappa shape index (κ1) is 14.2. The molecule has 0 aromatic heterocycles. The van der Waals surface area contributed by atoms with Crippen molar-refractivity contribution in [2.24, 2.45) is 5.73 Å². The maximum Gasteiger partial charge on any atom is 0.387 e. The second-order valence-electron chi connectivity index (χ2n) is 3.62. The molecule has 0 fully saturated rings. The quantitative estimate of drug-likeness (QED) is 0.853. The molecule has 0 spiro atoms. The summed E-state index contributed by atoms with van der Waals surface area (Å²) in [5, 5.41) is 0. The van der Waals surface area contributed by atoms with Gasteiger partial charge in [-0.25, -0.2) is 0 Å². The minimum absolute atomic E-state index is 0.00806. The van der Waals surface area contributed by atoms with Crippen LogP contribution in [0.25, 0.3) is 0 Å². The van der Waals surface area contributed by atoms with Crippen LogP contribution in [0.4, 0.5) is 8.78 Å².